The maximum Gasteiger partial charge on any atom is 0.416 e. The number of methoxy groups -OCH3 is 1. The Morgan fingerprint density at radius 1 is 1.15 bits per heavy atom. The van der Waals surface area contributed by atoms with Crippen LogP contribution in [0.25, 0.3) is 6.08 Å². The number of halogens is 4. The van der Waals surface area contributed by atoms with Crippen LogP contribution in [0.1, 0.15) is 18.1 Å². The first-order valence-electron chi connectivity index (χ1n) is 7.36. The molecule has 4 nitrogen and oxygen atoms in total. The second kappa shape index (κ2) is 7.90. The molecule has 0 aliphatic carbocycles. The Bertz CT molecular complexity index is 874. The van der Waals surface area contributed by atoms with Crippen molar-refractivity contribution in [1.29, 1.82) is 0 Å². The lowest BCUT2D eigenvalue weighted by Crippen LogP contribution is -2.04. The minimum Gasteiger partial charge on any atom is -0.494 e. The van der Waals surface area contributed by atoms with Gasteiger partial charge in [0, 0.05) is 5.56 Å². The van der Waals surface area contributed by atoms with Crippen molar-refractivity contribution < 1.29 is 27.1 Å². The molecule has 0 aromatic heterocycles. The first kappa shape index (κ1) is 19.3. The fraction of sp³-hybridized carbons (Fsp3) is 0.167. The Kier molecular flexibility index (Phi) is 5.86. The van der Waals surface area contributed by atoms with Crippen molar-refractivity contribution in [2.45, 2.75) is 13.1 Å². The lowest BCUT2D eigenvalue weighted by atomic mass is 10.1. The molecule has 0 N–H and O–H groups in total. The number of benzene rings is 2. The number of ether oxygens (including phenoxy) is 1. The summed E-state index contributed by atoms with van der Waals surface area (Å²) in [6, 6.07) is 6.76. The lowest BCUT2D eigenvalue weighted by Gasteiger charge is -2.09. The van der Waals surface area contributed by atoms with Gasteiger partial charge in [0.15, 0.2) is 11.6 Å². The van der Waals surface area contributed by atoms with Crippen LogP contribution in [0.4, 0.5) is 28.9 Å². The number of allylic oxidation sites excluding steroid dienone is 1. The Balaban J connectivity index is 2.49. The van der Waals surface area contributed by atoms with Gasteiger partial charge in [-0.25, -0.2) is 4.39 Å². The number of azo groups is 1. The summed E-state index contributed by atoms with van der Waals surface area (Å²) in [7, 11) is 1.27. The molecule has 0 amide bonds. The summed E-state index contributed by atoms with van der Waals surface area (Å²) < 4.78 is 57.6. The van der Waals surface area contributed by atoms with Crippen LogP contribution in [-0.2, 0) is 11.0 Å². The Morgan fingerprint density at radius 2 is 1.88 bits per heavy atom. The van der Waals surface area contributed by atoms with Gasteiger partial charge in [-0.2, -0.15) is 13.2 Å². The highest BCUT2D eigenvalue weighted by Crippen LogP contribution is 2.37. The summed E-state index contributed by atoms with van der Waals surface area (Å²) in [6.45, 7) is 1.32. The molecule has 0 spiro atoms. The van der Waals surface area contributed by atoms with Gasteiger partial charge in [-0.1, -0.05) is 12.1 Å². The van der Waals surface area contributed by atoms with E-state index in [-0.39, 0.29) is 28.5 Å². The van der Waals surface area contributed by atoms with Crippen LogP contribution in [0.3, 0.4) is 0 Å². The van der Waals surface area contributed by atoms with Crippen LogP contribution in [0.2, 0.25) is 0 Å². The van der Waals surface area contributed by atoms with Gasteiger partial charge in [0.05, 0.1) is 12.7 Å². The van der Waals surface area contributed by atoms with Gasteiger partial charge in [0.2, 0.25) is 0 Å². The van der Waals surface area contributed by atoms with Crippen LogP contribution in [0.5, 0.6) is 5.75 Å². The summed E-state index contributed by atoms with van der Waals surface area (Å²) in [5.41, 5.74) is -1.08. The molecule has 0 heterocycles. The Hall–Kier alpha value is -3.03. The second-order valence-electron chi connectivity index (χ2n) is 5.21. The van der Waals surface area contributed by atoms with Crippen molar-refractivity contribution in [1.82, 2.24) is 0 Å². The Morgan fingerprint density at radius 3 is 2.50 bits per heavy atom. The van der Waals surface area contributed by atoms with E-state index in [9.17, 15) is 22.4 Å². The molecule has 0 saturated heterocycles. The minimum absolute atomic E-state index is 0.0546. The first-order valence-corrected chi connectivity index (χ1v) is 7.36. The molecule has 0 aliphatic rings. The average Bonchev–Trinajstić information content (AvgIpc) is 2.58. The molecule has 0 unspecified atom stereocenters. The van der Waals surface area contributed by atoms with E-state index in [1.165, 1.54) is 38.3 Å². The highest BCUT2D eigenvalue weighted by atomic mass is 19.4. The van der Waals surface area contributed by atoms with E-state index in [0.717, 1.165) is 24.3 Å². The molecule has 0 atom stereocenters. The average molecular weight is 366 g/mol. The van der Waals surface area contributed by atoms with Crippen LogP contribution >= 0.6 is 0 Å². The van der Waals surface area contributed by atoms with E-state index in [0.29, 0.717) is 0 Å². The van der Waals surface area contributed by atoms with Crippen LogP contribution in [-0.4, -0.2) is 12.9 Å². The van der Waals surface area contributed by atoms with E-state index in [2.05, 4.69) is 10.2 Å². The topological polar surface area (TPSA) is 51.0 Å². The lowest BCUT2D eigenvalue weighted by molar-refractivity contribution is -0.137. The zero-order chi connectivity index (χ0) is 19.3. The highest BCUT2D eigenvalue weighted by molar-refractivity contribution is 5.92. The number of hydrogen-bond acceptors (Lipinski definition) is 4. The zero-order valence-electron chi connectivity index (χ0n) is 13.8. The van der Waals surface area contributed by atoms with Gasteiger partial charge in [-0.3, -0.25) is 4.79 Å². The first-order chi connectivity index (χ1) is 12.2. The van der Waals surface area contributed by atoms with E-state index in [1.807, 2.05) is 0 Å². The molecule has 8 heteroatoms. The van der Waals surface area contributed by atoms with E-state index < -0.39 is 17.6 Å². The van der Waals surface area contributed by atoms with Crippen molar-refractivity contribution >= 4 is 23.2 Å². The smallest absolute Gasteiger partial charge is 0.416 e. The minimum atomic E-state index is -4.57. The SMILES string of the molecule is COc1ccc(C(F)(F)F)cc1N=Nc1c(F)cccc1/C=C/C(C)=O. The number of ketones is 1. The van der Waals surface area contributed by atoms with Gasteiger partial charge in [-0.15, -0.1) is 10.2 Å². The number of hydrogen-bond donors (Lipinski definition) is 0. The summed E-state index contributed by atoms with van der Waals surface area (Å²) in [5, 5.41) is 7.44. The molecule has 0 saturated carbocycles. The maximum atomic E-state index is 14.0. The normalized spacial score (nSPS) is 12.1. The second-order valence-corrected chi connectivity index (χ2v) is 5.21. The third kappa shape index (κ3) is 4.75. The van der Waals surface area contributed by atoms with E-state index in [1.54, 1.807) is 0 Å². The fourth-order valence-electron chi connectivity index (χ4n) is 2.03. The summed E-state index contributed by atoms with van der Waals surface area (Å²) in [4.78, 5) is 11.0. The third-order valence-electron chi connectivity index (χ3n) is 3.28. The molecular formula is C18H14F4N2O2. The van der Waals surface area contributed by atoms with Crippen molar-refractivity contribution in [2.24, 2.45) is 10.2 Å². The van der Waals surface area contributed by atoms with Crippen molar-refractivity contribution in [3.05, 3.63) is 59.4 Å². The number of alkyl halides is 3. The van der Waals surface area contributed by atoms with Gasteiger partial charge < -0.3 is 4.74 Å². The van der Waals surface area contributed by atoms with E-state index >= 15 is 0 Å². The van der Waals surface area contributed by atoms with Crippen molar-refractivity contribution in [3.8, 4) is 5.75 Å². The number of rotatable bonds is 5. The standard InChI is InChI=1S/C18H14F4N2O2/c1-11(25)6-7-12-4-3-5-14(19)17(12)24-23-15-10-13(18(20,21)22)8-9-16(15)26-2/h3-10H,1-2H3/b7-6+,24-23?. The molecule has 26 heavy (non-hydrogen) atoms. The molecule has 0 fully saturated rings. The number of carbonyl (C=O) groups excluding carboxylic acids is 1. The predicted molar refractivity (Wildman–Crippen MR) is 88.3 cm³/mol. The van der Waals surface area contributed by atoms with Gasteiger partial charge >= 0.3 is 6.18 Å². The summed E-state index contributed by atoms with van der Waals surface area (Å²) >= 11 is 0. The van der Waals surface area contributed by atoms with Crippen molar-refractivity contribution in [2.75, 3.05) is 7.11 Å². The van der Waals surface area contributed by atoms with Crippen LogP contribution in [0, 0.1) is 5.82 Å². The molecule has 136 valence electrons. The monoisotopic (exact) mass is 366 g/mol. The quantitative estimate of drug-likeness (QED) is 0.377. The third-order valence-corrected chi connectivity index (χ3v) is 3.28. The van der Waals surface area contributed by atoms with Gasteiger partial charge in [0.25, 0.3) is 0 Å². The van der Waals surface area contributed by atoms with E-state index in [4.69, 9.17) is 4.74 Å². The molecule has 0 radical (unpaired) electrons. The predicted octanol–water partition coefficient (Wildman–Crippen LogP) is 5.87. The highest BCUT2D eigenvalue weighted by Gasteiger charge is 2.31. The zero-order valence-corrected chi connectivity index (χ0v) is 13.8. The largest absolute Gasteiger partial charge is 0.494 e. The molecule has 2 rings (SSSR count). The molecule has 2 aromatic carbocycles. The maximum absolute atomic E-state index is 14.0. The molecular weight excluding hydrogens is 352 g/mol. The van der Waals surface area contributed by atoms with Gasteiger partial charge in [0.1, 0.15) is 17.1 Å². The summed E-state index contributed by atoms with van der Waals surface area (Å²) in [6.07, 6.45) is -1.99. The van der Waals surface area contributed by atoms with Crippen molar-refractivity contribution in [3.63, 3.8) is 0 Å². The fourth-order valence-corrected chi connectivity index (χ4v) is 2.03. The number of nitrogens with zero attached hydrogens (tertiary/aromatic N) is 2. The molecule has 0 aliphatic heterocycles. The molecule has 2 aromatic rings. The Labute approximate surface area is 146 Å². The number of carbonyl (C=O) groups is 1. The van der Waals surface area contributed by atoms with Crippen LogP contribution in [0.15, 0.2) is 52.7 Å². The van der Waals surface area contributed by atoms with Crippen LogP contribution < -0.4 is 4.74 Å². The summed E-state index contributed by atoms with van der Waals surface area (Å²) in [5.74, 6) is -0.930. The van der Waals surface area contributed by atoms with Gasteiger partial charge in [-0.05, 0) is 43.3 Å². The molecule has 0 bridgehead atoms.